The second kappa shape index (κ2) is 9.47. The first-order chi connectivity index (χ1) is 15.1. The van der Waals surface area contributed by atoms with Crippen LogP contribution < -0.4 is 10.1 Å². The summed E-state index contributed by atoms with van der Waals surface area (Å²) in [5.41, 5.74) is 3.39. The number of carbonyl (C=O) groups excluding carboxylic acids is 2. The topological polar surface area (TPSA) is 58.6 Å². The number of amides is 2. The second-order valence-corrected chi connectivity index (χ2v) is 7.84. The van der Waals surface area contributed by atoms with Gasteiger partial charge in [0.15, 0.2) is 6.61 Å². The van der Waals surface area contributed by atoms with Gasteiger partial charge in [0.25, 0.3) is 11.8 Å². The van der Waals surface area contributed by atoms with Crippen LogP contribution in [0.1, 0.15) is 33.8 Å². The van der Waals surface area contributed by atoms with Crippen LogP contribution in [0.5, 0.6) is 5.75 Å². The maximum Gasteiger partial charge on any atom is 0.262 e. The predicted octanol–water partition coefficient (Wildman–Crippen LogP) is 4.64. The summed E-state index contributed by atoms with van der Waals surface area (Å²) >= 11 is 0. The summed E-state index contributed by atoms with van der Waals surface area (Å²) in [4.78, 5) is 27.5. The number of rotatable bonds is 6. The zero-order chi connectivity index (χ0) is 21.6. The van der Waals surface area contributed by atoms with Gasteiger partial charge in [0.2, 0.25) is 0 Å². The Bertz CT molecular complexity index is 1050. The highest BCUT2D eigenvalue weighted by Crippen LogP contribution is 2.29. The number of anilines is 1. The van der Waals surface area contributed by atoms with Gasteiger partial charge in [0.1, 0.15) is 5.75 Å². The number of ether oxygens (including phenoxy) is 1. The third-order valence-electron chi connectivity index (χ3n) is 5.57. The molecule has 1 saturated heterocycles. The molecule has 5 nitrogen and oxygen atoms in total. The molecule has 3 aromatic rings. The Balaban J connectivity index is 1.39. The fourth-order valence-electron chi connectivity index (χ4n) is 3.86. The molecule has 1 unspecified atom stereocenters. The number of hydrogen-bond donors (Lipinski definition) is 1. The molecule has 1 N–H and O–H groups in total. The summed E-state index contributed by atoms with van der Waals surface area (Å²) in [7, 11) is 0. The van der Waals surface area contributed by atoms with Crippen LogP contribution in [0, 0.1) is 6.92 Å². The molecule has 1 atom stereocenters. The summed E-state index contributed by atoms with van der Waals surface area (Å²) in [6.07, 6.45) is 0.939. The van der Waals surface area contributed by atoms with Crippen molar-refractivity contribution in [2.75, 3.05) is 25.0 Å². The lowest BCUT2D eigenvalue weighted by Crippen LogP contribution is -2.30. The lowest BCUT2D eigenvalue weighted by atomic mass is 9.99. The normalized spacial score (nSPS) is 15.5. The van der Waals surface area contributed by atoms with Gasteiger partial charge in [0, 0.05) is 19.0 Å². The maximum atomic E-state index is 13.2. The first-order valence-corrected chi connectivity index (χ1v) is 10.5. The lowest BCUT2D eigenvalue weighted by molar-refractivity contribution is -0.118. The number of likely N-dealkylation sites (tertiary alicyclic amines) is 1. The number of aryl methyl sites for hydroxylation is 1. The Kier molecular flexibility index (Phi) is 6.32. The zero-order valence-electron chi connectivity index (χ0n) is 17.6. The van der Waals surface area contributed by atoms with Crippen molar-refractivity contribution >= 4 is 17.5 Å². The Morgan fingerprint density at radius 3 is 2.45 bits per heavy atom. The Labute approximate surface area is 182 Å². The Morgan fingerprint density at radius 2 is 1.68 bits per heavy atom. The minimum absolute atomic E-state index is 0.0613. The summed E-state index contributed by atoms with van der Waals surface area (Å²) in [5, 5.41) is 2.83. The van der Waals surface area contributed by atoms with Gasteiger partial charge in [-0.25, -0.2) is 0 Å². The average Bonchev–Trinajstić information content (AvgIpc) is 3.30. The summed E-state index contributed by atoms with van der Waals surface area (Å²) in [6, 6.07) is 24.9. The van der Waals surface area contributed by atoms with E-state index >= 15 is 0 Å². The molecular weight excluding hydrogens is 388 g/mol. The Hall–Kier alpha value is -3.60. The number of benzene rings is 3. The average molecular weight is 415 g/mol. The van der Waals surface area contributed by atoms with E-state index in [0.29, 0.717) is 36.0 Å². The van der Waals surface area contributed by atoms with Crippen LogP contribution in [-0.4, -0.2) is 36.4 Å². The highest BCUT2D eigenvalue weighted by atomic mass is 16.5. The van der Waals surface area contributed by atoms with Crippen molar-refractivity contribution in [1.29, 1.82) is 0 Å². The van der Waals surface area contributed by atoms with Gasteiger partial charge in [-0.1, -0.05) is 60.2 Å². The van der Waals surface area contributed by atoms with Crippen LogP contribution in [0.25, 0.3) is 0 Å². The third kappa shape index (κ3) is 5.12. The minimum Gasteiger partial charge on any atom is -0.484 e. The van der Waals surface area contributed by atoms with E-state index in [0.717, 1.165) is 12.0 Å². The number of para-hydroxylation sites is 1. The lowest BCUT2D eigenvalue weighted by Gasteiger charge is -2.19. The van der Waals surface area contributed by atoms with Crippen molar-refractivity contribution in [3.8, 4) is 5.75 Å². The van der Waals surface area contributed by atoms with Crippen molar-refractivity contribution in [2.45, 2.75) is 19.3 Å². The molecule has 0 aromatic heterocycles. The fraction of sp³-hybridized carbons (Fsp3) is 0.231. The van der Waals surface area contributed by atoms with Crippen LogP contribution >= 0.6 is 0 Å². The van der Waals surface area contributed by atoms with Gasteiger partial charge in [-0.2, -0.15) is 0 Å². The van der Waals surface area contributed by atoms with E-state index in [1.165, 1.54) is 5.56 Å². The van der Waals surface area contributed by atoms with Crippen LogP contribution in [0.3, 0.4) is 0 Å². The molecule has 0 spiro atoms. The molecule has 1 aliphatic rings. The molecule has 2 amide bonds. The van der Waals surface area contributed by atoms with E-state index in [4.69, 9.17) is 4.74 Å². The van der Waals surface area contributed by atoms with Crippen LogP contribution in [0.15, 0.2) is 78.9 Å². The molecule has 0 saturated carbocycles. The molecule has 158 valence electrons. The van der Waals surface area contributed by atoms with Gasteiger partial charge < -0.3 is 15.0 Å². The molecule has 31 heavy (non-hydrogen) atoms. The molecule has 1 fully saturated rings. The molecule has 1 aliphatic heterocycles. The fourth-order valence-corrected chi connectivity index (χ4v) is 3.86. The zero-order valence-corrected chi connectivity index (χ0v) is 17.6. The number of hydrogen-bond acceptors (Lipinski definition) is 3. The summed E-state index contributed by atoms with van der Waals surface area (Å²) in [6.45, 7) is 3.26. The Morgan fingerprint density at radius 1 is 0.968 bits per heavy atom. The summed E-state index contributed by atoms with van der Waals surface area (Å²) < 4.78 is 5.55. The molecule has 5 heteroatoms. The molecule has 1 heterocycles. The first-order valence-electron chi connectivity index (χ1n) is 10.5. The van der Waals surface area contributed by atoms with Crippen LogP contribution in [0.2, 0.25) is 0 Å². The highest BCUT2D eigenvalue weighted by molar-refractivity contribution is 6.04. The van der Waals surface area contributed by atoms with E-state index < -0.39 is 0 Å². The molecule has 4 rings (SSSR count). The SMILES string of the molecule is Cc1ccc(OCC(=O)Nc2ccccc2C(=O)N2CCC(c3ccccc3)C2)cc1. The predicted molar refractivity (Wildman–Crippen MR) is 121 cm³/mol. The minimum atomic E-state index is -0.301. The molecule has 0 bridgehead atoms. The standard InChI is InChI=1S/C26H26N2O3/c1-19-11-13-22(14-12-19)31-18-25(29)27-24-10-6-5-9-23(24)26(30)28-16-15-21(17-28)20-7-3-2-4-8-20/h2-14,21H,15-18H2,1H3,(H,27,29). The smallest absolute Gasteiger partial charge is 0.262 e. The third-order valence-corrected chi connectivity index (χ3v) is 5.57. The van der Waals surface area contributed by atoms with Gasteiger partial charge >= 0.3 is 0 Å². The van der Waals surface area contributed by atoms with E-state index in [1.807, 2.05) is 66.4 Å². The van der Waals surface area contributed by atoms with E-state index in [-0.39, 0.29) is 18.4 Å². The van der Waals surface area contributed by atoms with Crippen LogP contribution in [0.4, 0.5) is 5.69 Å². The van der Waals surface area contributed by atoms with Gasteiger partial charge in [-0.15, -0.1) is 0 Å². The van der Waals surface area contributed by atoms with Crippen molar-refractivity contribution in [3.63, 3.8) is 0 Å². The monoisotopic (exact) mass is 414 g/mol. The van der Waals surface area contributed by atoms with Crippen molar-refractivity contribution in [3.05, 3.63) is 95.6 Å². The number of carbonyl (C=O) groups is 2. The van der Waals surface area contributed by atoms with Crippen LogP contribution in [-0.2, 0) is 4.79 Å². The first kappa shape index (κ1) is 20.7. The molecule has 3 aromatic carbocycles. The molecule has 0 radical (unpaired) electrons. The number of nitrogens with zero attached hydrogens (tertiary/aromatic N) is 1. The van der Waals surface area contributed by atoms with E-state index in [1.54, 1.807) is 12.1 Å². The van der Waals surface area contributed by atoms with Crippen molar-refractivity contribution in [2.24, 2.45) is 0 Å². The largest absolute Gasteiger partial charge is 0.484 e. The van der Waals surface area contributed by atoms with E-state index in [9.17, 15) is 9.59 Å². The van der Waals surface area contributed by atoms with Gasteiger partial charge in [-0.05, 0) is 43.2 Å². The quantitative estimate of drug-likeness (QED) is 0.639. The molecule has 0 aliphatic carbocycles. The van der Waals surface area contributed by atoms with Gasteiger partial charge in [0.05, 0.1) is 11.3 Å². The van der Waals surface area contributed by atoms with E-state index in [2.05, 4.69) is 17.4 Å². The maximum absolute atomic E-state index is 13.2. The van der Waals surface area contributed by atoms with Crippen molar-refractivity contribution in [1.82, 2.24) is 4.90 Å². The van der Waals surface area contributed by atoms with Crippen molar-refractivity contribution < 1.29 is 14.3 Å². The second-order valence-electron chi connectivity index (χ2n) is 7.84. The molecular formula is C26H26N2O3. The highest BCUT2D eigenvalue weighted by Gasteiger charge is 2.29. The summed E-state index contributed by atoms with van der Waals surface area (Å²) in [5.74, 6) is 0.613. The number of nitrogens with one attached hydrogen (secondary N) is 1. The van der Waals surface area contributed by atoms with Gasteiger partial charge in [-0.3, -0.25) is 9.59 Å².